The van der Waals surface area contributed by atoms with E-state index in [-0.39, 0.29) is 0 Å². The van der Waals surface area contributed by atoms with Gasteiger partial charge in [0.25, 0.3) is 0 Å². The predicted octanol–water partition coefficient (Wildman–Crippen LogP) is 0.331. The van der Waals surface area contributed by atoms with Gasteiger partial charge >= 0.3 is 0 Å². The molecule has 1 fully saturated rings. The highest BCUT2D eigenvalue weighted by Crippen LogP contribution is 2.07. The van der Waals surface area contributed by atoms with Gasteiger partial charge in [-0.25, -0.2) is 12.7 Å². The van der Waals surface area contributed by atoms with Crippen molar-refractivity contribution in [3.8, 4) is 0 Å². The van der Waals surface area contributed by atoms with E-state index in [0.717, 1.165) is 19.6 Å². The summed E-state index contributed by atoms with van der Waals surface area (Å²) in [6, 6.07) is 10.3. The standard InChI is InChI=1S/C11H16N2O2S/c14-16(15)13-8-6-12(7-9-13)10-11-4-2-1-3-5-11/h1-5,16H,6-10H2. The first-order valence-electron chi connectivity index (χ1n) is 5.41. The molecule has 0 amide bonds. The first kappa shape index (κ1) is 11.6. The maximum atomic E-state index is 10.8. The second kappa shape index (κ2) is 5.43. The van der Waals surface area contributed by atoms with Crippen LogP contribution in [0.3, 0.4) is 0 Å². The largest absolute Gasteiger partial charge is 0.296 e. The summed E-state index contributed by atoms with van der Waals surface area (Å²) in [7, 11) is -2.39. The molecule has 5 heteroatoms. The maximum Gasteiger partial charge on any atom is 0.204 e. The highest BCUT2D eigenvalue weighted by molar-refractivity contribution is 7.69. The average molecular weight is 240 g/mol. The van der Waals surface area contributed by atoms with Crippen LogP contribution >= 0.6 is 0 Å². The van der Waals surface area contributed by atoms with Crippen LogP contribution in [-0.2, 0) is 17.4 Å². The zero-order valence-electron chi connectivity index (χ0n) is 9.08. The molecule has 1 aliphatic rings. The number of benzene rings is 1. The number of piperazine rings is 1. The highest BCUT2D eigenvalue weighted by Gasteiger charge is 2.17. The summed E-state index contributed by atoms with van der Waals surface area (Å²) in [5.41, 5.74) is 1.28. The van der Waals surface area contributed by atoms with Gasteiger partial charge in [-0.05, 0) is 5.56 Å². The molecule has 2 rings (SSSR count). The average Bonchev–Trinajstić information content (AvgIpc) is 2.31. The van der Waals surface area contributed by atoms with Gasteiger partial charge in [-0.3, -0.25) is 4.90 Å². The first-order valence-corrected chi connectivity index (χ1v) is 6.54. The molecule has 0 spiro atoms. The third-order valence-electron chi connectivity index (χ3n) is 2.83. The molecule has 0 unspecified atom stereocenters. The van der Waals surface area contributed by atoms with Crippen LogP contribution in [0.4, 0.5) is 0 Å². The van der Waals surface area contributed by atoms with E-state index in [1.807, 2.05) is 18.2 Å². The molecule has 1 heterocycles. The zero-order chi connectivity index (χ0) is 11.4. The summed E-state index contributed by atoms with van der Waals surface area (Å²) in [5, 5.41) is 0. The minimum Gasteiger partial charge on any atom is -0.296 e. The van der Waals surface area contributed by atoms with Gasteiger partial charge in [-0.1, -0.05) is 30.3 Å². The summed E-state index contributed by atoms with van der Waals surface area (Å²) in [6.45, 7) is 3.78. The van der Waals surface area contributed by atoms with Gasteiger partial charge in [0.1, 0.15) is 0 Å². The molecule has 4 nitrogen and oxygen atoms in total. The van der Waals surface area contributed by atoms with E-state index in [2.05, 4.69) is 17.0 Å². The first-order chi connectivity index (χ1) is 7.75. The Morgan fingerprint density at radius 2 is 1.62 bits per heavy atom. The van der Waals surface area contributed by atoms with Gasteiger partial charge in [-0.2, -0.15) is 0 Å². The second-order valence-electron chi connectivity index (χ2n) is 3.95. The third-order valence-corrected chi connectivity index (χ3v) is 3.69. The number of hydrogen-bond acceptors (Lipinski definition) is 3. The van der Waals surface area contributed by atoms with Crippen molar-refractivity contribution in [1.82, 2.24) is 9.21 Å². The van der Waals surface area contributed by atoms with E-state index in [4.69, 9.17) is 0 Å². The van der Waals surface area contributed by atoms with Crippen LogP contribution in [0, 0.1) is 0 Å². The summed E-state index contributed by atoms with van der Waals surface area (Å²) in [4.78, 5) is 2.28. The minimum atomic E-state index is -2.39. The molecule has 0 radical (unpaired) electrons. The smallest absolute Gasteiger partial charge is 0.204 e. The van der Waals surface area contributed by atoms with Gasteiger partial charge in [-0.15, -0.1) is 0 Å². The van der Waals surface area contributed by atoms with Crippen LogP contribution in [0.5, 0.6) is 0 Å². The Morgan fingerprint density at radius 3 is 2.19 bits per heavy atom. The lowest BCUT2D eigenvalue weighted by atomic mass is 10.2. The van der Waals surface area contributed by atoms with Crippen molar-refractivity contribution in [2.45, 2.75) is 6.54 Å². The summed E-state index contributed by atoms with van der Waals surface area (Å²) in [5.74, 6) is 0. The maximum absolute atomic E-state index is 10.8. The summed E-state index contributed by atoms with van der Waals surface area (Å²) >= 11 is 0. The fraction of sp³-hybridized carbons (Fsp3) is 0.455. The van der Waals surface area contributed by atoms with Gasteiger partial charge in [0.15, 0.2) is 0 Å². The van der Waals surface area contributed by atoms with Crippen LogP contribution in [0.25, 0.3) is 0 Å². The van der Waals surface area contributed by atoms with Crippen LogP contribution in [0.1, 0.15) is 5.56 Å². The van der Waals surface area contributed by atoms with E-state index in [0.29, 0.717) is 13.1 Å². The Morgan fingerprint density at radius 1 is 1.00 bits per heavy atom. The van der Waals surface area contributed by atoms with E-state index < -0.39 is 10.9 Å². The molecule has 0 atom stereocenters. The zero-order valence-corrected chi connectivity index (χ0v) is 9.97. The lowest BCUT2D eigenvalue weighted by Crippen LogP contribution is -2.44. The number of rotatable bonds is 3. The molecule has 0 aliphatic carbocycles. The minimum absolute atomic E-state index is 0.617. The molecule has 0 aromatic heterocycles. The quantitative estimate of drug-likeness (QED) is 0.774. The van der Waals surface area contributed by atoms with Gasteiger partial charge in [0.05, 0.1) is 0 Å². The van der Waals surface area contributed by atoms with Crippen LogP contribution < -0.4 is 0 Å². The Labute approximate surface area is 97.6 Å². The second-order valence-corrected chi connectivity index (χ2v) is 4.99. The molecule has 0 N–H and O–H groups in total. The van der Waals surface area contributed by atoms with Crippen molar-refractivity contribution < 1.29 is 8.42 Å². The number of thiol groups is 1. The molecule has 1 aliphatic heterocycles. The fourth-order valence-corrected chi connectivity index (χ4v) is 2.41. The summed E-state index contributed by atoms with van der Waals surface area (Å²) in [6.07, 6.45) is 0. The van der Waals surface area contributed by atoms with Crippen molar-refractivity contribution in [2.75, 3.05) is 26.2 Å². The number of hydrogen-bond donors (Lipinski definition) is 1. The van der Waals surface area contributed by atoms with Crippen molar-refractivity contribution in [3.05, 3.63) is 35.9 Å². The Kier molecular flexibility index (Phi) is 3.93. The monoisotopic (exact) mass is 240 g/mol. The molecular formula is C11H16N2O2S. The molecule has 1 aromatic rings. The molecule has 1 aromatic carbocycles. The van der Waals surface area contributed by atoms with Crippen LogP contribution in [0.2, 0.25) is 0 Å². The Bertz CT molecular complexity index is 390. The number of nitrogens with zero attached hydrogens (tertiary/aromatic N) is 2. The van der Waals surface area contributed by atoms with Gasteiger partial charge < -0.3 is 0 Å². The Hall–Kier alpha value is -0.910. The van der Waals surface area contributed by atoms with E-state index >= 15 is 0 Å². The molecule has 0 saturated carbocycles. The van der Waals surface area contributed by atoms with Crippen molar-refractivity contribution in [1.29, 1.82) is 0 Å². The molecular weight excluding hydrogens is 224 g/mol. The van der Waals surface area contributed by atoms with Crippen LogP contribution in [-0.4, -0.2) is 43.8 Å². The third kappa shape index (κ3) is 3.04. The molecule has 16 heavy (non-hydrogen) atoms. The highest BCUT2D eigenvalue weighted by atomic mass is 32.2. The van der Waals surface area contributed by atoms with Gasteiger partial charge in [0.2, 0.25) is 10.9 Å². The normalized spacial score (nSPS) is 19.1. The van der Waals surface area contributed by atoms with E-state index in [1.54, 1.807) is 0 Å². The molecule has 0 bridgehead atoms. The lowest BCUT2D eigenvalue weighted by molar-refractivity contribution is 0.184. The van der Waals surface area contributed by atoms with E-state index in [9.17, 15) is 8.42 Å². The lowest BCUT2D eigenvalue weighted by Gasteiger charge is -2.31. The fourth-order valence-electron chi connectivity index (χ4n) is 1.90. The summed E-state index contributed by atoms with van der Waals surface area (Å²) < 4.78 is 23.0. The van der Waals surface area contributed by atoms with Crippen molar-refractivity contribution >= 4 is 10.9 Å². The van der Waals surface area contributed by atoms with Gasteiger partial charge in [0, 0.05) is 32.7 Å². The predicted molar refractivity (Wildman–Crippen MR) is 63.6 cm³/mol. The Balaban J connectivity index is 1.86. The van der Waals surface area contributed by atoms with Crippen molar-refractivity contribution in [3.63, 3.8) is 0 Å². The SMILES string of the molecule is O=[SH](=O)N1CCN(Cc2ccccc2)CC1. The van der Waals surface area contributed by atoms with Crippen LogP contribution in [0.15, 0.2) is 30.3 Å². The van der Waals surface area contributed by atoms with Crippen molar-refractivity contribution in [2.24, 2.45) is 0 Å². The molecule has 88 valence electrons. The molecule has 1 saturated heterocycles. The van der Waals surface area contributed by atoms with E-state index in [1.165, 1.54) is 9.87 Å². The topological polar surface area (TPSA) is 40.6 Å².